The van der Waals surface area contributed by atoms with Gasteiger partial charge in [0.2, 0.25) is 0 Å². The number of aryl methyl sites for hydroxylation is 1. The van der Waals surface area contributed by atoms with Gasteiger partial charge in [0.25, 0.3) is 0 Å². The molecule has 1 aliphatic carbocycles. The lowest BCUT2D eigenvalue weighted by Gasteiger charge is -2.48. The average Bonchev–Trinajstić information content (AvgIpc) is 2.48. The smallest absolute Gasteiger partial charge is 0.151 e. The lowest BCUT2D eigenvalue weighted by atomic mass is 9.75. The van der Waals surface area contributed by atoms with E-state index in [-0.39, 0.29) is 0 Å². The summed E-state index contributed by atoms with van der Waals surface area (Å²) in [6, 6.07) is 1.99. The number of aldehydes is 1. The van der Waals surface area contributed by atoms with Gasteiger partial charge < -0.3 is 9.47 Å². The van der Waals surface area contributed by atoms with Gasteiger partial charge >= 0.3 is 0 Å². The number of rotatable bonds is 4. The van der Waals surface area contributed by atoms with Crippen LogP contribution in [0, 0.1) is 13.8 Å². The Balaban J connectivity index is 2.29. The van der Waals surface area contributed by atoms with Crippen LogP contribution in [0.2, 0.25) is 0 Å². The van der Waals surface area contributed by atoms with Crippen LogP contribution in [0.5, 0.6) is 0 Å². The molecule has 0 spiro atoms. The van der Waals surface area contributed by atoms with E-state index in [9.17, 15) is 4.79 Å². The monoisotopic (exact) mass is 234 g/mol. The van der Waals surface area contributed by atoms with Gasteiger partial charge in [-0.1, -0.05) is 0 Å². The molecular weight excluding hydrogens is 212 g/mol. The largest absolute Gasteiger partial charge is 0.347 e. The zero-order valence-electron chi connectivity index (χ0n) is 11.3. The van der Waals surface area contributed by atoms with Crippen molar-refractivity contribution >= 4 is 6.29 Å². The molecule has 1 saturated carbocycles. The Morgan fingerprint density at radius 3 is 2.41 bits per heavy atom. The Bertz CT molecular complexity index is 428. The normalized spacial score (nSPS) is 18.2. The maximum absolute atomic E-state index is 11.0. The molecule has 1 fully saturated rings. The lowest BCUT2D eigenvalue weighted by molar-refractivity contribution is 0.0414. The minimum Gasteiger partial charge on any atom is -0.347 e. The predicted octanol–water partition coefficient (Wildman–Crippen LogP) is 2.40. The standard InChI is InChI=1S/C14H22N2O/c1-11-8-13(9-17)12(2)16(11)10-14(15(3)4)6-5-7-14/h8-9H,5-7,10H2,1-4H3. The highest BCUT2D eigenvalue weighted by molar-refractivity contribution is 5.77. The van der Waals surface area contributed by atoms with E-state index in [1.807, 2.05) is 13.0 Å². The average molecular weight is 234 g/mol. The summed E-state index contributed by atoms with van der Waals surface area (Å²) in [6.45, 7) is 5.13. The summed E-state index contributed by atoms with van der Waals surface area (Å²) in [7, 11) is 4.32. The van der Waals surface area contributed by atoms with Crippen LogP contribution < -0.4 is 0 Å². The van der Waals surface area contributed by atoms with Crippen molar-refractivity contribution in [1.29, 1.82) is 0 Å². The Kier molecular flexibility index (Phi) is 3.13. The molecule has 0 bridgehead atoms. The molecule has 0 saturated heterocycles. The summed E-state index contributed by atoms with van der Waals surface area (Å²) in [6.07, 6.45) is 4.79. The molecule has 0 aliphatic heterocycles. The molecule has 1 heterocycles. The quantitative estimate of drug-likeness (QED) is 0.747. The van der Waals surface area contributed by atoms with Crippen LogP contribution in [0.25, 0.3) is 0 Å². The van der Waals surface area contributed by atoms with Crippen molar-refractivity contribution in [2.24, 2.45) is 0 Å². The lowest BCUT2D eigenvalue weighted by Crippen LogP contribution is -2.53. The van der Waals surface area contributed by atoms with E-state index in [0.29, 0.717) is 5.54 Å². The minimum atomic E-state index is 0.300. The van der Waals surface area contributed by atoms with Crippen LogP contribution in [-0.2, 0) is 6.54 Å². The molecule has 2 rings (SSSR count). The third-order valence-electron chi connectivity index (χ3n) is 4.43. The minimum absolute atomic E-state index is 0.300. The van der Waals surface area contributed by atoms with Gasteiger partial charge in [-0.05, 0) is 53.3 Å². The van der Waals surface area contributed by atoms with Gasteiger partial charge in [0.05, 0.1) is 0 Å². The van der Waals surface area contributed by atoms with Crippen LogP contribution in [0.1, 0.15) is 41.0 Å². The molecule has 0 unspecified atom stereocenters. The van der Waals surface area contributed by atoms with E-state index >= 15 is 0 Å². The molecule has 1 aromatic rings. The highest BCUT2D eigenvalue weighted by Crippen LogP contribution is 2.38. The van der Waals surface area contributed by atoms with Gasteiger partial charge in [0.15, 0.2) is 6.29 Å². The fourth-order valence-corrected chi connectivity index (χ4v) is 2.82. The second-order valence-electron chi connectivity index (χ2n) is 5.50. The molecule has 3 nitrogen and oxygen atoms in total. The Morgan fingerprint density at radius 1 is 1.41 bits per heavy atom. The zero-order chi connectivity index (χ0) is 12.6. The van der Waals surface area contributed by atoms with E-state index in [1.165, 1.54) is 25.0 Å². The number of nitrogens with zero attached hydrogens (tertiary/aromatic N) is 2. The van der Waals surface area contributed by atoms with E-state index < -0.39 is 0 Å². The molecule has 3 heteroatoms. The Labute approximate surface area is 103 Å². The summed E-state index contributed by atoms with van der Waals surface area (Å²) in [5.74, 6) is 0. The number of aromatic nitrogens is 1. The summed E-state index contributed by atoms with van der Waals surface area (Å²) in [4.78, 5) is 13.3. The van der Waals surface area contributed by atoms with Crippen molar-refractivity contribution in [3.05, 3.63) is 23.0 Å². The number of hydrogen-bond acceptors (Lipinski definition) is 2. The first-order valence-electron chi connectivity index (χ1n) is 6.29. The van der Waals surface area contributed by atoms with E-state index in [0.717, 1.165) is 24.1 Å². The fourth-order valence-electron chi connectivity index (χ4n) is 2.82. The van der Waals surface area contributed by atoms with Gasteiger partial charge in [-0.25, -0.2) is 0 Å². The fraction of sp³-hybridized carbons (Fsp3) is 0.643. The van der Waals surface area contributed by atoms with Crippen molar-refractivity contribution in [3.63, 3.8) is 0 Å². The van der Waals surface area contributed by atoms with Crippen molar-refractivity contribution in [2.75, 3.05) is 14.1 Å². The summed E-state index contributed by atoms with van der Waals surface area (Å²) >= 11 is 0. The van der Waals surface area contributed by atoms with Crippen LogP contribution in [0.4, 0.5) is 0 Å². The second-order valence-corrected chi connectivity index (χ2v) is 5.50. The van der Waals surface area contributed by atoms with Gasteiger partial charge in [-0.3, -0.25) is 4.79 Å². The number of carbonyl (C=O) groups is 1. The van der Waals surface area contributed by atoms with Crippen LogP contribution in [0.3, 0.4) is 0 Å². The molecule has 94 valence electrons. The number of hydrogen-bond donors (Lipinski definition) is 0. The zero-order valence-corrected chi connectivity index (χ0v) is 11.3. The van der Waals surface area contributed by atoms with Crippen molar-refractivity contribution < 1.29 is 4.79 Å². The molecule has 1 aliphatic rings. The second kappa shape index (κ2) is 4.30. The SMILES string of the molecule is Cc1cc(C=O)c(C)n1CC1(N(C)C)CCC1. The van der Waals surface area contributed by atoms with Gasteiger partial charge in [0, 0.05) is 29.0 Å². The molecule has 17 heavy (non-hydrogen) atoms. The maximum atomic E-state index is 11.0. The van der Waals surface area contributed by atoms with E-state index in [4.69, 9.17) is 0 Å². The first kappa shape index (κ1) is 12.4. The van der Waals surface area contributed by atoms with Gasteiger partial charge in [0.1, 0.15) is 0 Å². The van der Waals surface area contributed by atoms with Crippen molar-refractivity contribution in [1.82, 2.24) is 9.47 Å². The van der Waals surface area contributed by atoms with Gasteiger partial charge in [-0.15, -0.1) is 0 Å². The number of carbonyl (C=O) groups excluding carboxylic acids is 1. The Hall–Kier alpha value is -1.09. The van der Waals surface area contributed by atoms with Crippen LogP contribution in [-0.4, -0.2) is 35.4 Å². The molecular formula is C14H22N2O. The van der Waals surface area contributed by atoms with Crippen LogP contribution >= 0.6 is 0 Å². The summed E-state index contributed by atoms with van der Waals surface area (Å²) in [5, 5.41) is 0. The first-order chi connectivity index (χ1) is 8.00. The molecule has 0 atom stereocenters. The van der Waals surface area contributed by atoms with Gasteiger partial charge in [-0.2, -0.15) is 0 Å². The first-order valence-corrected chi connectivity index (χ1v) is 6.29. The molecule has 0 N–H and O–H groups in total. The van der Waals surface area contributed by atoms with E-state index in [2.05, 4.69) is 30.5 Å². The highest BCUT2D eigenvalue weighted by Gasteiger charge is 2.39. The third kappa shape index (κ3) is 1.93. The predicted molar refractivity (Wildman–Crippen MR) is 69.6 cm³/mol. The molecule has 0 amide bonds. The molecule has 0 radical (unpaired) electrons. The summed E-state index contributed by atoms with van der Waals surface area (Å²) < 4.78 is 2.29. The highest BCUT2D eigenvalue weighted by atomic mass is 16.1. The summed E-state index contributed by atoms with van der Waals surface area (Å²) in [5.41, 5.74) is 3.42. The van der Waals surface area contributed by atoms with Crippen LogP contribution in [0.15, 0.2) is 6.07 Å². The molecule has 0 aromatic carbocycles. The molecule has 1 aromatic heterocycles. The van der Waals surface area contributed by atoms with Crippen molar-refractivity contribution in [3.8, 4) is 0 Å². The number of likely N-dealkylation sites (N-methyl/N-ethyl adjacent to an activating group) is 1. The maximum Gasteiger partial charge on any atom is 0.151 e. The topological polar surface area (TPSA) is 25.2 Å². The van der Waals surface area contributed by atoms with E-state index in [1.54, 1.807) is 0 Å². The Morgan fingerprint density at radius 2 is 2.06 bits per heavy atom. The van der Waals surface area contributed by atoms with Crippen molar-refractivity contribution in [2.45, 2.75) is 45.2 Å². The third-order valence-corrected chi connectivity index (χ3v) is 4.43.